The van der Waals surface area contributed by atoms with Gasteiger partial charge in [0.2, 0.25) is 0 Å². The summed E-state index contributed by atoms with van der Waals surface area (Å²) in [5.74, 6) is -0.791. The number of esters is 1. The second-order valence-corrected chi connectivity index (χ2v) is 5.22. The van der Waals surface area contributed by atoms with Gasteiger partial charge >= 0.3 is 5.97 Å². The molecule has 0 bridgehead atoms. The van der Waals surface area contributed by atoms with Crippen LogP contribution in [-0.4, -0.2) is 23.6 Å². The van der Waals surface area contributed by atoms with Crippen molar-refractivity contribution >= 4 is 34.6 Å². The quantitative estimate of drug-likeness (QED) is 0.848. The SMILES string of the molecule is COC(=O)c1scc(C)c1NC(=O)c1cc(N)cn1C. The third-order valence-corrected chi connectivity index (χ3v) is 3.92. The minimum atomic E-state index is -0.468. The summed E-state index contributed by atoms with van der Waals surface area (Å²) in [6.45, 7) is 1.82. The first kappa shape index (κ1) is 14.1. The van der Waals surface area contributed by atoms with Crippen molar-refractivity contribution in [3.8, 4) is 0 Å². The Morgan fingerprint density at radius 3 is 2.70 bits per heavy atom. The third kappa shape index (κ3) is 2.53. The molecule has 0 atom stereocenters. The van der Waals surface area contributed by atoms with Gasteiger partial charge in [-0.2, -0.15) is 0 Å². The molecule has 0 fully saturated rings. The Kier molecular flexibility index (Phi) is 3.80. The molecule has 0 saturated carbocycles. The zero-order valence-electron chi connectivity index (χ0n) is 11.4. The zero-order chi connectivity index (χ0) is 14.9. The molecule has 0 spiro atoms. The van der Waals surface area contributed by atoms with Crippen LogP contribution in [0.2, 0.25) is 0 Å². The maximum atomic E-state index is 12.2. The maximum absolute atomic E-state index is 12.2. The number of nitrogen functional groups attached to an aromatic ring is 1. The van der Waals surface area contributed by atoms with Crippen LogP contribution in [0.5, 0.6) is 0 Å². The molecule has 20 heavy (non-hydrogen) atoms. The van der Waals surface area contributed by atoms with Crippen molar-refractivity contribution in [2.45, 2.75) is 6.92 Å². The molecule has 0 aliphatic heterocycles. The number of methoxy groups -OCH3 is 1. The molecule has 2 heterocycles. The van der Waals surface area contributed by atoms with E-state index in [4.69, 9.17) is 10.5 Å². The number of amides is 1. The van der Waals surface area contributed by atoms with E-state index in [1.165, 1.54) is 18.4 Å². The number of hydrogen-bond donors (Lipinski definition) is 2. The Bertz CT molecular complexity index is 672. The maximum Gasteiger partial charge on any atom is 0.350 e. The standard InChI is InChI=1S/C13H15N3O3S/c1-7-6-20-11(13(18)19-3)10(7)15-12(17)9-4-8(14)5-16(9)2/h4-6H,14H2,1-3H3,(H,15,17). The molecule has 0 unspecified atom stereocenters. The fourth-order valence-electron chi connectivity index (χ4n) is 1.84. The topological polar surface area (TPSA) is 86.3 Å². The third-order valence-electron chi connectivity index (χ3n) is 2.84. The number of aromatic nitrogens is 1. The predicted molar refractivity (Wildman–Crippen MR) is 78.2 cm³/mol. The summed E-state index contributed by atoms with van der Waals surface area (Å²) in [5.41, 5.74) is 7.86. The molecule has 0 aliphatic rings. The average Bonchev–Trinajstić information content (AvgIpc) is 2.92. The van der Waals surface area contributed by atoms with Crippen LogP contribution in [0.1, 0.15) is 25.7 Å². The minimum Gasteiger partial charge on any atom is -0.465 e. The van der Waals surface area contributed by atoms with Crippen molar-refractivity contribution in [1.82, 2.24) is 4.57 Å². The number of nitrogens with two attached hydrogens (primary N) is 1. The van der Waals surface area contributed by atoms with E-state index in [0.29, 0.717) is 21.9 Å². The Morgan fingerprint density at radius 1 is 1.45 bits per heavy atom. The summed E-state index contributed by atoms with van der Waals surface area (Å²) >= 11 is 1.23. The Labute approximate surface area is 120 Å². The highest BCUT2D eigenvalue weighted by Gasteiger charge is 2.20. The second-order valence-electron chi connectivity index (χ2n) is 4.34. The number of hydrogen-bond acceptors (Lipinski definition) is 5. The molecule has 2 aromatic heterocycles. The van der Waals surface area contributed by atoms with Gasteiger partial charge in [0.05, 0.1) is 18.5 Å². The summed E-state index contributed by atoms with van der Waals surface area (Å²) < 4.78 is 6.33. The van der Waals surface area contributed by atoms with Crippen LogP contribution in [0.25, 0.3) is 0 Å². The summed E-state index contributed by atoms with van der Waals surface area (Å²) in [7, 11) is 3.04. The van der Waals surface area contributed by atoms with E-state index in [9.17, 15) is 9.59 Å². The first-order chi connectivity index (χ1) is 9.43. The van der Waals surface area contributed by atoms with Crippen LogP contribution < -0.4 is 11.1 Å². The van der Waals surface area contributed by atoms with Crippen LogP contribution in [0.4, 0.5) is 11.4 Å². The van der Waals surface area contributed by atoms with E-state index in [1.54, 1.807) is 29.3 Å². The predicted octanol–water partition coefficient (Wildman–Crippen LogP) is 2.02. The van der Waals surface area contributed by atoms with Gasteiger partial charge in [-0.1, -0.05) is 0 Å². The normalized spacial score (nSPS) is 10.3. The van der Waals surface area contributed by atoms with Crippen molar-refractivity contribution in [3.05, 3.63) is 33.8 Å². The molecule has 3 N–H and O–H groups in total. The molecule has 0 saturated heterocycles. The van der Waals surface area contributed by atoms with Gasteiger partial charge in [0.1, 0.15) is 10.6 Å². The van der Waals surface area contributed by atoms with Crippen LogP contribution in [0, 0.1) is 6.92 Å². The molecule has 2 rings (SSSR count). The van der Waals surface area contributed by atoms with Gasteiger partial charge in [-0.3, -0.25) is 4.79 Å². The summed E-state index contributed by atoms with van der Waals surface area (Å²) in [4.78, 5) is 24.3. The molecule has 0 aliphatic carbocycles. The lowest BCUT2D eigenvalue weighted by atomic mass is 10.2. The molecule has 6 nitrogen and oxygen atoms in total. The smallest absolute Gasteiger partial charge is 0.350 e. The molecule has 106 valence electrons. The average molecular weight is 293 g/mol. The monoisotopic (exact) mass is 293 g/mol. The Balaban J connectivity index is 2.30. The van der Waals surface area contributed by atoms with E-state index >= 15 is 0 Å². The van der Waals surface area contributed by atoms with Gasteiger partial charge in [0, 0.05) is 13.2 Å². The van der Waals surface area contributed by atoms with E-state index in [1.807, 2.05) is 6.92 Å². The molecule has 0 radical (unpaired) electrons. The first-order valence-electron chi connectivity index (χ1n) is 5.83. The van der Waals surface area contributed by atoms with E-state index in [2.05, 4.69) is 5.32 Å². The highest BCUT2D eigenvalue weighted by Crippen LogP contribution is 2.28. The van der Waals surface area contributed by atoms with Gasteiger partial charge in [0.25, 0.3) is 5.91 Å². The van der Waals surface area contributed by atoms with Gasteiger partial charge in [-0.15, -0.1) is 11.3 Å². The molecule has 7 heteroatoms. The van der Waals surface area contributed by atoms with E-state index in [0.717, 1.165) is 5.56 Å². The summed E-state index contributed by atoms with van der Waals surface area (Å²) in [5, 5.41) is 4.53. The number of rotatable bonds is 3. The number of nitrogens with one attached hydrogen (secondary N) is 1. The molecule has 2 aromatic rings. The lowest BCUT2D eigenvalue weighted by Gasteiger charge is -2.07. The van der Waals surface area contributed by atoms with Crippen molar-refractivity contribution in [2.75, 3.05) is 18.2 Å². The molecule has 0 aromatic carbocycles. The van der Waals surface area contributed by atoms with Crippen LogP contribution >= 0.6 is 11.3 Å². The fraction of sp³-hybridized carbons (Fsp3) is 0.231. The van der Waals surface area contributed by atoms with E-state index in [-0.39, 0.29) is 5.91 Å². The van der Waals surface area contributed by atoms with Crippen LogP contribution in [0.15, 0.2) is 17.6 Å². The Hall–Kier alpha value is -2.28. The van der Waals surface area contributed by atoms with Gasteiger partial charge in [-0.25, -0.2) is 4.79 Å². The largest absolute Gasteiger partial charge is 0.465 e. The van der Waals surface area contributed by atoms with Crippen molar-refractivity contribution in [2.24, 2.45) is 7.05 Å². The number of anilines is 2. The Morgan fingerprint density at radius 2 is 2.15 bits per heavy atom. The molecular weight excluding hydrogens is 278 g/mol. The highest BCUT2D eigenvalue weighted by atomic mass is 32.1. The number of nitrogens with zero attached hydrogens (tertiary/aromatic N) is 1. The summed E-state index contributed by atoms with van der Waals surface area (Å²) in [6, 6.07) is 1.58. The van der Waals surface area contributed by atoms with E-state index < -0.39 is 5.97 Å². The molecule has 1 amide bonds. The van der Waals surface area contributed by atoms with Gasteiger partial charge in [0.15, 0.2) is 0 Å². The summed E-state index contributed by atoms with van der Waals surface area (Å²) in [6.07, 6.45) is 1.65. The highest BCUT2D eigenvalue weighted by molar-refractivity contribution is 7.12. The number of carbonyl (C=O) groups is 2. The number of thiophene rings is 1. The van der Waals surface area contributed by atoms with Crippen LogP contribution in [0.3, 0.4) is 0 Å². The van der Waals surface area contributed by atoms with Crippen molar-refractivity contribution < 1.29 is 14.3 Å². The lowest BCUT2D eigenvalue weighted by Crippen LogP contribution is -2.17. The van der Waals surface area contributed by atoms with Gasteiger partial charge in [-0.05, 0) is 23.9 Å². The fourth-order valence-corrected chi connectivity index (χ4v) is 2.76. The molecular formula is C13H15N3O3S. The number of aryl methyl sites for hydroxylation is 2. The van der Waals surface area contributed by atoms with Gasteiger partial charge < -0.3 is 20.4 Å². The van der Waals surface area contributed by atoms with Crippen molar-refractivity contribution in [3.63, 3.8) is 0 Å². The number of ether oxygens (including phenoxy) is 1. The lowest BCUT2D eigenvalue weighted by molar-refractivity contribution is 0.0607. The number of carbonyl (C=O) groups excluding carboxylic acids is 2. The van der Waals surface area contributed by atoms with Crippen molar-refractivity contribution in [1.29, 1.82) is 0 Å². The minimum absolute atomic E-state index is 0.323. The van der Waals surface area contributed by atoms with Crippen LogP contribution in [-0.2, 0) is 11.8 Å². The first-order valence-corrected chi connectivity index (χ1v) is 6.71. The zero-order valence-corrected chi connectivity index (χ0v) is 12.2. The second kappa shape index (κ2) is 5.38.